The predicted octanol–water partition coefficient (Wildman–Crippen LogP) is 3.00. The number of piperidine rings is 1. The van der Waals surface area contributed by atoms with Crippen LogP contribution in [-0.4, -0.2) is 65.0 Å². The molecule has 2 saturated heterocycles. The normalized spacial score (nSPS) is 28.5. The topological polar surface area (TPSA) is 86.9 Å². The Labute approximate surface area is 192 Å². The molecule has 2 bridgehead atoms. The van der Waals surface area contributed by atoms with Gasteiger partial charge in [-0.3, -0.25) is 14.5 Å². The van der Waals surface area contributed by atoms with Crippen molar-refractivity contribution >= 4 is 11.8 Å². The lowest BCUT2D eigenvalue weighted by atomic mass is 9.84. The summed E-state index contributed by atoms with van der Waals surface area (Å²) in [7, 11) is 0. The SMILES string of the molecule is CC1(C)C(CN(CCN2[C@@H]3CC[C@H]2C[C@@H](c2cccc(C(N)=O)c2)C3)C(=O)CO)C1(C)C. The number of nitrogens with zero attached hydrogens (tertiary/aromatic N) is 2. The average Bonchev–Trinajstić information content (AvgIpc) is 3.02. The first kappa shape index (κ1) is 23.2. The molecule has 3 atom stereocenters. The molecule has 1 aliphatic carbocycles. The number of benzene rings is 1. The maximum atomic E-state index is 12.5. The van der Waals surface area contributed by atoms with Gasteiger partial charge in [-0.1, -0.05) is 39.8 Å². The summed E-state index contributed by atoms with van der Waals surface area (Å²) in [6.07, 6.45) is 4.53. The van der Waals surface area contributed by atoms with Gasteiger partial charge in [0.1, 0.15) is 6.61 Å². The molecule has 4 rings (SSSR count). The predicted molar refractivity (Wildman–Crippen MR) is 125 cm³/mol. The van der Waals surface area contributed by atoms with E-state index in [1.807, 2.05) is 17.0 Å². The Morgan fingerprint density at radius 3 is 2.28 bits per heavy atom. The number of hydrogen-bond acceptors (Lipinski definition) is 4. The van der Waals surface area contributed by atoms with Crippen LogP contribution >= 0.6 is 0 Å². The lowest BCUT2D eigenvalue weighted by molar-refractivity contribution is -0.135. The van der Waals surface area contributed by atoms with E-state index < -0.39 is 6.61 Å². The summed E-state index contributed by atoms with van der Waals surface area (Å²) in [5, 5.41) is 9.54. The zero-order chi connectivity index (χ0) is 23.3. The molecule has 0 aromatic heterocycles. The van der Waals surface area contributed by atoms with E-state index >= 15 is 0 Å². The van der Waals surface area contributed by atoms with Gasteiger partial charge < -0.3 is 15.7 Å². The zero-order valence-corrected chi connectivity index (χ0v) is 20.0. The van der Waals surface area contributed by atoms with Gasteiger partial charge in [0.25, 0.3) is 0 Å². The third kappa shape index (κ3) is 4.08. The van der Waals surface area contributed by atoms with Gasteiger partial charge in [0, 0.05) is 37.3 Å². The number of primary amides is 1. The van der Waals surface area contributed by atoms with Crippen molar-refractivity contribution in [3.8, 4) is 0 Å². The molecule has 2 aliphatic heterocycles. The van der Waals surface area contributed by atoms with Crippen LogP contribution in [-0.2, 0) is 4.79 Å². The quantitative estimate of drug-likeness (QED) is 0.649. The summed E-state index contributed by atoms with van der Waals surface area (Å²) >= 11 is 0. The van der Waals surface area contributed by atoms with Gasteiger partial charge in [-0.05, 0) is 66.0 Å². The Kier molecular flexibility index (Phi) is 6.14. The van der Waals surface area contributed by atoms with Gasteiger partial charge in [-0.25, -0.2) is 0 Å². The van der Waals surface area contributed by atoms with Crippen LogP contribution in [0.5, 0.6) is 0 Å². The Morgan fingerprint density at radius 1 is 1.12 bits per heavy atom. The Morgan fingerprint density at radius 2 is 1.75 bits per heavy atom. The van der Waals surface area contributed by atoms with Crippen molar-refractivity contribution in [1.82, 2.24) is 9.80 Å². The molecular formula is C26H39N3O3. The standard InChI is InChI=1S/C26H39N3O3/c1-25(2)22(26(25,3)4)15-28(23(31)16-30)10-11-29-20-8-9-21(29)14-19(13-20)17-6-5-7-18(12-17)24(27)32/h5-7,12,19-22,30H,8-11,13-16H2,1-4H3,(H2,27,32)/t19-,20+,21-. The fraction of sp³-hybridized carbons (Fsp3) is 0.692. The first-order valence-corrected chi connectivity index (χ1v) is 12.1. The molecule has 1 aromatic rings. The van der Waals surface area contributed by atoms with Crippen molar-refractivity contribution in [1.29, 1.82) is 0 Å². The molecule has 1 saturated carbocycles. The van der Waals surface area contributed by atoms with Gasteiger partial charge in [0.05, 0.1) is 0 Å². The van der Waals surface area contributed by atoms with Crippen LogP contribution in [0.15, 0.2) is 24.3 Å². The van der Waals surface area contributed by atoms with Gasteiger partial charge >= 0.3 is 0 Å². The fourth-order valence-corrected chi connectivity index (χ4v) is 6.52. The molecule has 3 aliphatic rings. The van der Waals surface area contributed by atoms with E-state index in [0.717, 1.165) is 25.9 Å². The minimum absolute atomic E-state index is 0.158. The van der Waals surface area contributed by atoms with Crippen molar-refractivity contribution in [2.75, 3.05) is 26.2 Å². The highest BCUT2D eigenvalue weighted by Crippen LogP contribution is 2.68. The molecule has 176 valence electrons. The number of aliphatic hydroxyl groups excluding tert-OH is 1. The average molecular weight is 442 g/mol. The zero-order valence-electron chi connectivity index (χ0n) is 20.0. The van der Waals surface area contributed by atoms with Crippen LogP contribution in [0.3, 0.4) is 0 Å². The van der Waals surface area contributed by atoms with E-state index in [0.29, 0.717) is 36.0 Å². The lowest BCUT2D eigenvalue weighted by Crippen LogP contribution is -2.47. The maximum absolute atomic E-state index is 12.5. The molecule has 1 aromatic carbocycles. The van der Waals surface area contributed by atoms with E-state index in [1.165, 1.54) is 18.4 Å². The van der Waals surface area contributed by atoms with Gasteiger partial charge in [-0.15, -0.1) is 0 Å². The van der Waals surface area contributed by atoms with E-state index in [9.17, 15) is 14.7 Å². The first-order valence-electron chi connectivity index (χ1n) is 12.1. The van der Waals surface area contributed by atoms with Gasteiger partial charge in [-0.2, -0.15) is 0 Å². The summed E-state index contributed by atoms with van der Waals surface area (Å²) in [5.41, 5.74) is 7.72. The Bertz CT molecular complexity index is 853. The second-order valence-electron chi connectivity index (χ2n) is 11.3. The van der Waals surface area contributed by atoms with E-state index in [4.69, 9.17) is 5.73 Å². The highest BCUT2D eigenvalue weighted by atomic mass is 16.3. The summed E-state index contributed by atoms with van der Waals surface area (Å²) in [6, 6.07) is 8.82. The van der Waals surface area contributed by atoms with Crippen LogP contribution in [0.25, 0.3) is 0 Å². The molecule has 32 heavy (non-hydrogen) atoms. The van der Waals surface area contributed by atoms with E-state index in [-0.39, 0.29) is 22.6 Å². The number of aliphatic hydroxyl groups is 1. The molecular weight excluding hydrogens is 402 g/mol. The summed E-state index contributed by atoms with van der Waals surface area (Å²) in [5.74, 6) is 0.383. The molecule has 3 N–H and O–H groups in total. The van der Waals surface area contributed by atoms with E-state index in [2.05, 4.69) is 38.7 Å². The highest BCUT2D eigenvalue weighted by Gasteiger charge is 2.64. The minimum Gasteiger partial charge on any atom is -0.387 e. The van der Waals surface area contributed by atoms with Crippen LogP contribution in [0.1, 0.15) is 75.2 Å². The summed E-state index contributed by atoms with van der Waals surface area (Å²) < 4.78 is 0. The van der Waals surface area contributed by atoms with Crippen LogP contribution < -0.4 is 5.73 Å². The van der Waals surface area contributed by atoms with Crippen LogP contribution in [0.2, 0.25) is 0 Å². The molecule has 3 fully saturated rings. The number of amides is 2. The van der Waals surface area contributed by atoms with Crippen molar-refractivity contribution in [2.45, 2.75) is 71.4 Å². The van der Waals surface area contributed by atoms with Crippen molar-refractivity contribution in [3.05, 3.63) is 35.4 Å². The molecule has 2 heterocycles. The molecule has 6 nitrogen and oxygen atoms in total. The number of fused-ring (bicyclic) bond motifs is 2. The Hall–Kier alpha value is -1.92. The fourth-order valence-electron chi connectivity index (χ4n) is 6.52. The van der Waals surface area contributed by atoms with Crippen molar-refractivity contribution in [2.24, 2.45) is 22.5 Å². The van der Waals surface area contributed by atoms with Gasteiger partial charge in [0.2, 0.25) is 11.8 Å². The third-order valence-corrected chi connectivity index (χ3v) is 9.37. The molecule has 6 heteroatoms. The number of hydrogen-bond donors (Lipinski definition) is 2. The number of nitrogens with two attached hydrogens (primary N) is 1. The van der Waals surface area contributed by atoms with E-state index in [1.54, 1.807) is 6.07 Å². The van der Waals surface area contributed by atoms with Crippen LogP contribution in [0.4, 0.5) is 0 Å². The van der Waals surface area contributed by atoms with Crippen molar-refractivity contribution < 1.29 is 14.7 Å². The monoisotopic (exact) mass is 441 g/mol. The molecule has 0 unspecified atom stereocenters. The second kappa shape index (κ2) is 8.45. The number of rotatable bonds is 8. The Balaban J connectivity index is 1.38. The smallest absolute Gasteiger partial charge is 0.248 e. The summed E-state index contributed by atoms with van der Waals surface area (Å²) in [6.45, 7) is 11.0. The molecule has 2 amide bonds. The molecule has 0 spiro atoms. The second-order valence-corrected chi connectivity index (χ2v) is 11.3. The molecule has 0 radical (unpaired) electrons. The van der Waals surface area contributed by atoms with Crippen molar-refractivity contribution in [3.63, 3.8) is 0 Å². The lowest BCUT2D eigenvalue weighted by Gasteiger charge is -2.40. The summed E-state index contributed by atoms with van der Waals surface area (Å²) in [4.78, 5) is 28.6. The minimum atomic E-state index is -0.418. The van der Waals surface area contributed by atoms with Gasteiger partial charge in [0.15, 0.2) is 0 Å². The number of carbonyl (C=O) groups excluding carboxylic acids is 2. The maximum Gasteiger partial charge on any atom is 0.248 e. The highest BCUT2D eigenvalue weighted by molar-refractivity contribution is 5.92. The first-order chi connectivity index (χ1) is 15.1. The largest absolute Gasteiger partial charge is 0.387 e. The number of carbonyl (C=O) groups is 2. The van der Waals surface area contributed by atoms with Crippen LogP contribution in [0, 0.1) is 16.7 Å². The third-order valence-electron chi connectivity index (χ3n) is 9.37.